The molecule has 0 aromatic heterocycles. The summed E-state index contributed by atoms with van der Waals surface area (Å²) in [6, 6.07) is 3.73. The van der Waals surface area contributed by atoms with Crippen LogP contribution >= 0.6 is 11.6 Å². The molecule has 0 fully saturated rings. The van der Waals surface area contributed by atoms with E-state index in [1.54, 1.807) is 6.92 Å². The average molecular weight is 331 g/mol. The van der Waals surface area contributed by atoms with Crippen molar-refractivity contribution in [3.63, 3.8) is 0 Å². The smallest absolute Gasteiger partial charge is 0.260 e. The molecule has 0 spiro atoms. The first-order valence-electron chi connectivity index (χ1n) is 6.98. The molecule has 2 amide bonds. The highest BCUT2D eigenvalue weighted by atomic mass is 35.5. The van der Waals surface area contributed by atoms with Crippen molar-refractivity contribution in [3.8, 4) is 5.75 Å². The van der Waals surface area contributed by atoms with Crippen LogP contribution in [0.25, 0.3) is 0 Å². The minimum Gasteiger partial charge on any atom is -0.479 e. The third kappa shape index (κ3) is 6.30. The van der Waals surface area contributed by atoms with E-state index in [1.165, 1.54) is 12.1 Å². The Bertz CT molecular complexity index is 538. The predicted octanol–water partition coefficient (Wildman–Crippen LogP) is 2.28. The molecule has 1 rings (SSSR count). The van der Waals surface area contributed by atoms with Crippen molar-refractivity contribution in [2.45, 2.75) is 39.3 Å². The molecule has 122 valence electrons. The number of halogens is 2. The Kier molecular flexibility index (Phi) is 7.11. The number of carbonyl (C=O) groups is 2. The lowest BCUT2D eigenvalue weighted by molar-refractivity contribution is -0.127. The van der Waals surface area contributed by atoms with Crippen molar-refractivity contribution in [1.82, 2.24) is 10.6 Å². The van der Waals surface area contributed by atoms with E-state index in [0.717, 1.165) is 6.07 Å². The van der Waals surface area contributed by atoms with Gasteiger partial charge in [0.25, 0.3) is 5.91 Å². The van der Waals surface area contributed by atoms with E-state index in [-0.39, 0.29) is 41.6 Å². The molecule has 0 aliphatic carbocycles. The fourth-order valence-electron chi connectivity index (χ4n) is 1.65. The van der Waals surface area contributed by atoms with Gasteiger partial charge in [-0.25, -0.2) is 4.39 Å². The Hall–Kier alpha value is -1.82. The summed E-state index contributed by atoms with van der Waals surface area (Å²) in [6.07, 6.45) is -0.621. The van der Waals surface area contributed by atoms with E-state index in [1.807, 2.05) is 13.8 Å². The highest BCUT2D eigenvalue weighted by Gasteiger charge is 2.16. The zero-order valence-electron chi connectivity index (χ0n) is 12.8. The first-order valence-corrected chi connectivity index (χ1v) is 7.36. The SMILES string of the molecule is CC(C)NC(=O)CCNC(=O)[C@@H](C)Oc1ccc(F)cc1Cl. The number of hydrogen-bond acceptors (Lipinski definition) is 3. The van der Waals surface area contributed by atoms with E-state index in [0.29, 0.717) is 0 Å². The molecule has 0 saturated heterocycles. The van der Waals surface area contributed by atoms with E-state index in [2.05, 4.69) is 10.6 Å². The van der Waals surface area contributed by atoms with Gasteiger partial charge in [0.15, 0.2) is 6.10 Å². The van der Waals surface area contributed by atoms with E-state index in [9.17, 15) is 14.0 Å². The lowest BCUT2D eigenvalue weighted by atomic mass is 10.3. The Morgan fingerprint density at radius 2 is 2.00 bits per heavy atom. The highest BCUT2D eigenvalue weighted by molar-refractivity contribution is 6.32. The molecule has 0 radical (unpaired) electrons. The quantitative estimate of drug-likeness (QED) is 0.806. The van der Waals surface area contributed by atoms with Crippen LogP contribution in [-0.4, -0.2) is 30.5 Å². The van der Waals surface area contributed by atoms with Gasteiger partial charge in [0.2, 0.25) is 5.91 Å². The second-order valence-electron chi connectivity index (χ2n) is 5.10. The van der Waals surface area contributed by atoms with Crippen LogP contribution in [0.3, 0.4) is 0 Å². The first kappa shape index (κ1) is 18.2. The number of amides is 2. The summed E-state index contributed by atoms with van der Waals surface area (Å²) in [7, 11) is 0. The van der Waals surface area contributed by atoms with E-state index < -0.39 is 11.9 Å². The molecule has 1 atom stereocenters. The van der Waals surface area contributed by atoms with Crippen molar-refractivity contribution >= 4 is 23.4 Å². The van der Waals surface area contributed by atoms with Crippen LogP contribution in [0.5, 0.6) is 5.75 Å². The standard InChI is InChI=1S/C15H20ClFN2O3/c1-9(2)19-14(20)6-7-18-15(21)10(3)22-13-5-4-11(17)8-12(13)16/h4-5,8-10H,6-7H2,1-3H3,(H,18,21)(H,19,20)/t10-/m1/s1. The predicted molar refractivity (Wildman–Crippen MR) is 82.4 cm³/mol. The van der Waals surface area contributed by atoms with Gasteiger partial charge in [0.1, 0.15) is 11.6 Å². The molecular weight excluding hydrogens is 311 g/mol. The molecule has 1 aromatic rings. The fourth-order valence-corrected chi connectivity index (χ4v) is 1.86. The van der Waals surface area contributed by atoms with Gasteiger partial charge in [-0.3, -0.25) is 9.59 Å². The van der Waals surface area contributed by atoms with Crippen LogP contribution in [0.15, 0.2) is 18.2 Å². The summed E-state index contributed by atoms with van der Waals surface area (Å²) in [5, 5.41) is 5.41. The van der Waals surface area contributed by atoms with E-state index >= 15 is 0 Å². The molecular formula is C15H20ClFN2O3. The first-order chi connectivity index (χ1) is 10.3. The lowest BCUT2D eigenvalue weighted by Gasteiger charge is -2.15. The van der Waals surface area contributed by atoms with Crippen molar-refractivity contribution in [2.24, 2.45) is 0 Å². The summed E-state index contributed by atoms with van der Waals surface area (Å²) in [6.45, 7) is 5.48. The van der Waals surface area contributed by atoms with Gasteiger partial charge in [-0.1, -0.05) is 11.6 Å². The number of benzene rings is 1. The maximum absolute atomic E-state index is 12.9. The average Bonchev–Trinajstić information content (AvgIpc) is 2.40. The normalized spacial score (nSPS) is 11.9. The monoisotopic (exact) mass is 330 g/mol. The largest absolute Gasteiger partial charge is 0.479 e. The number of rotatable bonds is 7. The van der Waals surface area contributed by atoms with Crippen molar-refractivity contribution in [3.05, 3.63) is 29.0 Å². The molecule has 7 heteroatoms. The Morgan fingerprint density at radius 3 is 2.59 bits per heavy atom. The lowest BCUT2D eigenvalue weighted by Crippen LogP contribution is -2.39. The van der Waals surface area contributed by atoms with Crippen molar-refractivity contribution in [2.75, 3.05) is 6.54 Å². The van der Waals surface area contributed by atoms with Gasteiger partial charge < -0.3 is 15.4 Å². The Labute approximate surface area is 134 Å². The van der Waals surface area contributed by atoms with Crippen LogP contribution in [0.1, 0.15) is 27.2 Å². The summed E-state index contributed by atoms with van der Waals surface area (Å²) in [5.41, 5.74) is 0. The number of carbonyl (C=O) groups excluding carboxylic acids is 2. The molecule has 0 unspecified atom stereocenters. The van der Waals surface area contributed by atoms with Gasteiger partial charge in [0, 0.05) is 19.0 Å². The van der Waals surface area contributed by atoms with Gasteiger partial charge in [-0.15, -0.1) is 0 Å². The molecule has 2 N–H and O–H groups in total. The van der Waals surface area contributed by atoms with Crippen LogP contribution in [-0.2, 0) is 9.59 Å². The molecule has 0 saturated carbocycles. The Morgan fingerprint density at radius 1 is 1.32 bits per heavy atom. The molecule has 0 aliphatic heterocycles. The zero-order chi connectivity index (χ0) is 16.7. The van der Waals surface area contributed by atoms with Crippen LogP contribution < -0.4 is 15.4 Å². The molecule has 0 heterocycles. The van der Waals surface area contributed by atoms with Crippen molar-refractivity contribution in [1.29, 1.82) is 0 Å². The second-order valence-corrected chi connectivity index (χ2v) is 5.51. The highest BCUT2D eigenvalue weighted by Crippen LogP contribution is 2.25. The van der Waals surface area contributed by atoms with Crippen molar-refractivity contribution < 1.29 is 18.7 Å². The third-order valence-electron chi connectivity index (χ3n) is 2.67. The van der Waals surface area contributed by atoms with E-state index in [4.69, 9.17) is 16.3 Å². The minimum atomic E-state index is -0.809. The number of ether oxygens (including phenoxy) is 1. The van der Waals surface area contributed by atoms with Crippen LogP contribution in [0.4, 0.5) is 4.39 Å². The number of hydrogen-bond donors (Lipinski definition) is 2. The second kappa shape index (κ2) is 8.58. The third-order valence-corrected chi connectivity index (χ3v) is 2.96. The maximum atomic E-state index is 12.9. The molecule has 22 heavy (non-hydrogen) atoms. The van der Waals surface area contributed by atoms with Crippen LogP contribution in [0, 0.1) is 5.82 Å². The molecule has 0 aliphatic rings. The zero-order valence-corrected chi connectivity index (χ0v) is 13.5. The molecule has 1 aromatic carbocycles. The van der Waals surface area contributed by atoms with Crippen LogP contribution in [0.2, 0.25) is 5.02 Å². The Balaban J connectivity index is 2.40. The van der Waals surface area contributed by atoms with Gasteiger partial charge in [0.05, 0.1) is 5.02 Å². The summed E-state index contributed by atoms with van der Waals surface area (Å²) >= 11 is 5.82. The van der Waals surface area contributed by atoms with Gasteiger partial charge >= 0.3 is 0 Å². The summed E-state index contributed by atoms with van der Waals surface area (Å²) < 4.78 is 18.3. The summed E-state index contributed by atoms with van der Waals surface area (Å²) in [5.74, 6) is -0.767. The topological polar surface area (TPSA) is 67.4 Å². The van der Waals surface area contributed by atoms with Gasteiger partial charge in [-0.05, 0) is 39.0 Å². The summed E-state index contributed by atoms with van der Waals surface area (Å²) in [4.78, 5) is 23.3. The maximum Gasteiger partial charge on any atom is 0.260 e. The van der Waals surface area contributed by atoms with Gasteiger partial charge in [-0.2, -0.15) is 0 Å². The molecule has 5 nitrogen and oxygen atoms in total. The number of nitrogens with one attached hydrogen (secondary N) is 2. The minimum absolute atomic E-state index is 0.0612. The fraction of sp³-hybridized carbons (Fsp3) is 0.467. The molecule has 0 bridgehead atoms.